The van der Waals surface area contributed by atoms with E-state index >= 15 is 0 Å². The van der Waals surface area contributed by atoms with E-state index in [4.69, 9.17) is 9.47 Å². The first-order valence-electron chi connectivity index (χ1n) is 10.6. The lowest BCUT2D eigenvalue weighted by Gasteiger charge is -2.13. The van der Waals surface area contributed by atoms with Crippen LogP contribution < -0.4 is 15.4 Å². The van der Waals surface area contributed by atoms with Crippen molar-refractivity contribution in [1.29, 1.82) is 0 Å². The van der Waals surface area contributed by atoms with Crippen LogP contribution in [0.1, 0.15) is 34.8 Å². The normalized spacial score (nSPS) is 10.2. The van der Waals surface area contributed by atoms with Gasteiger partial charge in [0.25, 0.3) is 5.91 Å². The molecule has 0 aromatic heterocycles. The third kappa shape index (κ3) is 7.21. The summed E-state index contributed by atoms with van der Waals surface area (Å²) >= 11 is 0. The van der Waals surface area contributed by atoms with Gasteiger partial charge in [0.1, 0.15) is 5.75 Å². The van der Waals surface area contributed by atoms with Crippen LogP contribution in [0.4, 0.5) is 16.2 Å². The van der Waals surface area contributed by atoms with E-state index in [0.717, 1.165) is 11.1 Å². The van der Waals surface area contributed by atoms with Gasteiger partial charge in [-0.1, -0.05) is 42.0 Å². The molecule has 7 heteroatoms. The van der Waals surface area contributed by atoms with E-state index in [1.807, 2.05) is 25.1 Å². The summed E-state index contributed by atoms with van der Waals surface area (Å²) in [6.45, 7) is 3.91. The van der Waals surface area contributed by atoms with E-state index in [1.165, 1.54) is 24.3 Å². The second kappa shape index (κ2) is 11.5. The second-order valence-electron chi connectivity index (χ2n) is 7.35. The molecular weight excluding hydrogens is 420 g/mol. The van der Waals surface area contributed by atoms with Crippen molar-refractivity contribution in [2.75, 3.05) is 17.2 Å². The van der Waals surface area contributed by atoms with Crippen molar-refractivity contribution in [3.05, 3.63) is 89.5 Å². The fraction of sp³-hybridized carbons (Fsp3) is 0.192. The van der Waals surface area contributed by atoms with Crippen LogP contribution in [0.5, 0.6) is 5.75 Å². The Balaban J connectivity index is 1.59. The third-order valence-corrected chi connectivity index (χ3v) is 4.75. The van der Waals surface area contributed by atoms with Crippen molar-refractivity contribution in [1.82, 2.24) is 0 Å². The zero-order valence-electron chi connectivity index (χ0n) is 18.6. The standard InChI is InChI=1S/C26H26N2O5/c1-3-32-26(31)33-21-14-12-20(13-15-21)25(30)28-23-10-5-4-9-22(23)27-24(29)16-11-19-8-6-7-18(2)17-19/h4-10,12-15,17H,3,11,16H2,1-2H3,(H,27,29)(H,28,30). The van der Waals surface area contributed by atoms with Crippen molar-refractivity contribution >= 4 is 29.3 Å². The molecular formula is C26H26N2O5. The average molecular weight is 447 g/mol. The first-order valence-corrected chi connectivity index (χ1v) is 10.6. The van der Waals surface area contributed by atoms with Gasteiger partial charge in [-0.2, -0.15) is 0 Å². The molecule has 170 valence electrons. The predicted molar refractivity (Wildman–Crippen MR) is 127 cm³/mol. The zero-order chi connectivity index (χ0) is 23.6. The average Bonchev–Trinajstić information content (AvgIpc) is 2.80. The zero-order valence-corrected chi connectivity index (χ0v) is 18.6. The Kier molecular flexibility index (Phi) is 8.18. The largest absolute Gasteiger partial charge is 0.513 e. The summed E-state index contributed by atoms with van der Waals surface area (Å²) in [6, 6.07) is 21.1. The van der Waals surface area contributed by atoms with Crippen LogP contribution in [0.15, 0.2) is 72.8 Å². The minimum atomic E-state index is -0.804. The summed E-state index contributed by atoms with van der Waals surface area (Å²) < 4.78 is 9.71. The molecule has 0 radical (unpaired) electrons. The molecule has 2 N–H and O–H groups in total. The summed E-state index contributed by atoms with van der Waals surface area (Å²) in [6.07, 6.45) is 0.150. The SMILES string of the molecule is CCOC(=O)Oc1ccc(C(=O)Nc2ccccc2NC(=O)CCc2cccc(C)c2)cc1. The van der Waals surface area contributed by atoms with E-state index < -0.39 is 6.16 Å². The summed E-state index contributed by atoms with van der Waals surface area (Å²) in [5.41, 5.74) is 3.62. The quantitative estimate of drug-likeness (QED) is 0.359. The Bertz CT molecular complexity index is 1130. The summed E-state index contributed by atoms with van der Waals surface area (Å²) in [5, 5.41) is 5.68. The summed E-state index contributed by atoms with van der Waals surface area (Å²) in [7, 11) is 0. The molecule has 0 unspecified atom stereocenters. The number of rotatable bonds is 8. The number of hydrogen-bond acceptors (Lipinski definition) is 5. The number of carbonyl (C=O) groups excluding carboxylic acids is 3. The monoisotopic (exact) mass is 446 g/mol. The van der Waals surface area contributed by atoms with Crippen molar-refractivity contribution in [2.24, 2.45) is 0 Å². The minimum absolute atomic E-state index is 0.140. The molecule has 0 aliphatic carbocycles. The molecule has 0 atom stereocenters. The van der Waals surface area contributed by atoms with Gasteiger partial charge in [-0.25, -0.2) is 4.79 Å². The van der Waals surface area contributed by atoms with Gasteiger partial charge in [0.2, 0.25) is 5.91 Å². The number of anilines is 2. The number of nitrogens with one attached hydrogen (secondary N) is 2. The van der Waals surface area contributed by atoms with E-state index in [1.54, 1.807) is 31.2 Å². The minimum Gasteiger partial charge on any atom is -0.434 e. The molecule has 3 aromatic rings. The first-order chi connectivity index (χ1) is 15.9. The number of ether oxygens (including phenoxy) is 2. The Morgan fingerprint density at radius 1 is 0.848 bits per heavy atom. The molecule has 0 saturated heterocycles. The van der Waals surface area contributed by atoms with Gasteiger partial charge in [-0.3, -0.25) is 9.59 Å². The lowest BCUT2D eigenvalue weighted by molar-refractivity contribution is -0.116. The first kappa shape index (κ1) is 23.5. The highest BCUT2D eigenvalue weighted by Gasteiger charge is 2.12. The predicted octanol–water partition coefficient (Wildman–Crippen LogP) is 5.35. The highest BCUT2D eigenvalue weighted by atomic mass is 16.7. The topological polar surface area (TPSA) is 93.7 Å². The van der Waals surface area contributed by atoms with Gasteiger partial charge >= 0.3 is 6.16 Å². The Labute approximate surface area is 192 Å². The smallest absolute Gasteiger partial charge is 0.434 e. The van der Waals surface area contributed by atoms with Crippen LogP contribution in [0.3, 0.4) is 0 Å². The second-order valence-corrected chi connectivity index (χ2v) is 7.35. The Morgan fingerprint density at radius 2 is 1.55 bits per heavy atom. The van der Waals surface area contributed by atoms with Gasteiger partial charge in [0.05, 0.1) is 18.0 Å². The molecule has 3 aromatic carbocycles. The van der Waals surface area contributed by atoms with E-state index in [2.05, 4.69) is 16.7 Å². The van der Waals surface area contributed by atoms with Crippen LogP contribution in [0, 0.1) is 6.92 Å². The molecule has 7 nitrogen and oxygen atoms in total. The van der Waals surface area contributed by atoms with Crippen molar-refractivity contribution in [2.45, 2.75) is 26.7 Å². The van der Waals surface area contributed by atoms with Gasteiger partial charge in [-0.15, -0.1) is 0 Å². The maximum atomic E-state index is 12.7. The molecule has 0 bridgehead atoms. The molecule has 0 saturated carbocycles. The molecule has 3 rings (SSSR count). The number of aryl methyl sites for hydroxylation is 2. The van der Waals surface area contributed by atoms with Gasteiger partial charge in [0.15, 0.2) is 0 Å². The molecule has 0 spiro atoms. The van der Waals surface area contributed by atoms with Crippen LogP contribution in [-0.2, 0) is 16.0 Å². The maximum absolute atomic E-state index is 12.7. The lowest BCUT2D eigenvalue weighted by Crippen LogP contribution is -2.17. The van der Waals surface area contributed by atoms with Gasteiger partial charge in [0, 0.05) is 12.0 Å². The third-order valence-electron chi connectivity index (χ3n) is 4.75. The Morgan fingerprint density at radius 3 is 2.21 bits per heavy atom. The van der Waals surface area contributed by atoms with E-state index in [-0.39, 0.29) is 24.2 Å². The number of hydrogen-bond donors (Lipinski definition) is 2. The highest BCUT2D eigenvalue weighted by Crippen LogP contribution is 2.23. The van der Waals surface area contributed by atoms with Crippen LogP contribution in [0.25, 0.3) is 0 Å². The van der Waals surface area contributed by atoms with Crippen LogP contribution >= 0.6 is 0 Å². The maximum Gasteiger partial charge on any atom is 0.513 e. The highest BCUT2D eigenvalue weighted by molar-refractivity contribution is 6.07. The molecule has 0 heterocycles. The fourth-order valence-corrected chi connectivity index (χ4v) is 3.15. The number of amides is 2. The fourth-order valence-electron chi connectivity index (χ4n) is 3.15. The van der Waals surface area contributed by atoms with E-state index in [9.17, 15) is 14.4 Å². The molecule has 0 aliphatic heterocycles. The van der Waals surface area contributed by atoms with Crippen molar-refractivity contribution in [3.63, 3.8) is 0 Å². The molecule has 33 heavy (non-hydrogen) atoms. The van der Waals surface area contributed by atoms with Crippen LogP contribution in [0.2, 0.25) is 0 Å². The van der Waals surface area contributed by atoms with Crippen LogP contribution in [-0.4, -0.2) is 24.6 Å². The molecule has 0 aliphatic rings. The van der Waals surface area contributed by atoms with E-state index in [0.29, 0.717) is 29.8 Å². The van der Waals surface area contributed by atoms with Gasteiger partial charge < -0.3 is 20.1 Å². The molecule has 0 fully saturated rings. The summed E-state index contributed by atoms with van der Waals surface area (Å²) in [5.74, 6) is -0.232. The Hall–Kier alpha value is -4.13. The van der Waals surface area contributed by atoms with Gasteiger partial charge in [-0.05, 0) is 62.2 Å². The van der Waals surface area contributed by atoms with Crippen molar-refractivity contribution < 1.29 is 23.9 Å². The molecule has 2 amide bonds. The number of carbonyl (C=O) groups is 3. The lowest BCUT2D eigenvalue weighted by atomic mass is 10.1. The number of para-hydroxylation sites is 2. The number of benzene rings is 3. The summed E-state index contributed by atoms with van der Waals surface area (Å²) in [4.78, 5) is 36.5. The van der Waals surface area contributed by atoms with Crippen molar-refractivity contribution in [3.8, 4) is 5.75 Å².